The normalized spacial score (nSPS) is 15.8. The number of nitrogens with one attached hydrogen (secondary N) is 1. The standard InChI is InChI=1S/C22H28N6O/c1-2-23-22(28-14-12-27(13-15-28)17-20-9-16-29-26-20)25-11-8-19-6-3-5-18-7-4-10-24-21(18)19/h3-7,9-10,16H,2,8,11-15,17H2,1H3,(H,23,25). The van der Waals surface area contributed by atoms with E-state index >= 15 is 0 Å². The van der Waals surface area contributed by atoms with Crippen LogP contribution in [0.2, 0.25) is 0 Å². The number of rotatable bonds is 6. The second-order valence-electron chi connectivity index (χ2n) is 7.23. The molecule has 1 saturated heterocycles. The Morgan fingerprint density at radius 1 is 1.14 bits per heavy atom. The molecule has 3 heterocycles. The lowest BCUT2D eigenvalue weighted by atomic mass is 10.1. The van der Waals surface area contributed by atoms with Gasteiger partial charge in [-0.25, -0.2) is 0 Å². The van der Waals surface area contributed by atoms with Gasteiger partial charge < -0.3 is 14.7 Å². The second kappa shape index (κ2) is 9.52. The van der Waals surface area contributed by atoms with Gasteiger partial charge in [-0.2, -0.15) is 0 Å². The van der Waals surface area contributed by atoms with Crippen molar-refractivity contribution in [3.05, 3.63) is 60.1 Å². The first-order chi connectivity index (χ1) is 14.3. The first-order valence-electron chi connectivity index (χ1n) is 10.3. The molecule has 0 atom stereocenters. The Balaban J connectivity index is 1.35. The number of hydrogen-bond acceptors (Lipinski definition) is 5. The zero-order valence-electron chi connectivity index (χ0n) is 16.9. The number of benzene rings is 1. The van der Waals surface area contributed by atoms with Crippen molar-refractivity contribution < 1.29 is 4.52 Å². The van der Waals surface area contributed by atoms with Crippen molar-refractivity contribution in [2.45, 2.75) is 19.9 Å². The van der Waals surface area contributed by atoms with E-state index in [0.717, 1.165) is 69.4 Å². The first-order valence-corrected chi connectivity index (χ1v) is 10.3. The van der Waals surface area contributed by atoms with E-state index in [1.165, 1.54) is 10.9 Å². The Morgan fingerprint density at radius 2 is 2.00 bits per heavy atom. The van der Waals surface area contributed by atoms with E-state index in [2.05, 4.69) is 56.4 Å². The smallest absolute Gasteiger partial charge is 0.194 e. The van der Waals surface area contributed by atoms with Crippen molar-refractivity contribution in [2.75, 3.05) is 39.3 Å². The fraction of sp³-hybridized carbons (Fsp3) is 0.409. The minimum absolute atomic E-state index is 0.747. The number of hydrogen-bond donors (Lipinski definition) is 1. The number of piperazine rings is 1. The summed E-state index contributed by atoms with van der Waals surface area (Å²) in [7, 11) is 0. The summed E-state index contributed by atoms with van der Waals surface area (Å²) in [4.78, 5) is 14.2. The Morgan fingerprint density at radius 3 is 2.79 bits per heavy atom. The lowest BCUT2D eigenvalue weighted by Gasteiger charge is -2.36. The monoisotopic (exact) mass is 392 g/mol. The Kier molecular flexibility index (Phi) is 6.36. The fourth-order valence-corrected chi connectivity index (χ4v) is 3.74. The summed E-state index contributed by atoms with van der Waals surface area (Å²) in [5.41, 5.74) is 3.32. The minimum atomic E-state index is 0.747. The molecule has 7 nitrogen and oxygen atoms in total. The molecule has 0 saturated carbocycles. The molecular formula is C22H28N6O. The van der Waals surface area contributed by atoms with Crippen LogP contribution in [-0.4, -0.2) is 65.2 Å². The maximum absolute atomic E-state index is 4.93. The van der Waals surface area contributed by atoms with Crippen LogP contribution in [0.15, 0.2) is 58.4 Å². The summed E-state index contributed by atoms with van der Waals surface area (Å²) in [6, 6.07) is 12.4. The number of aromatic nitrogens is 2. The van der Waals surface area contributed by atoms with Gasteiger partial charge in [-0.1, -0.05) is 29.4 Å². The molecule has 3 aromatic rings. The van der Waals surface area contributed by atoms with E-state index in [-0.39, 0.29) is 0 Å². The van der Waals surface area contributed by atoms with E-state index in [4.69, 9.17) is 9.52 Å². The Labute approximate surface area is 171 Å². The molecule has 1 fully saturated rings. The number of pyridine rings is 1. The molecule has 0 aliphatic carbocycles. The lowest BCUT2D eigenvalue weighted by Crippen LogP contribution is -2.52. The molecular weight excluding hydrogens is 364 g/mol. The molecule has 1 aliphatic rings. The predicted octanol–water partition coefficient (Wildman–Crippen LogP) is 2.55. The third-order valence-corrected chi connectivity index (χ3v) is 5.24. The molecule has 0 unspecified atom stereocenters. The molecule has 2 aromatic heterocycles. The summed E-state index contributed by atoms with van der Waals surface area (Å²) in [5, 5.41) is 8.65. The molecule has 1 aromatic carbocycles. The molecule has 4 rings (SSSR count). The maximum atomic E-state index is 4.93. The van der Waals surface area contributed by atoms with Crippen LogP contribution >= 0.6 is 0 Å². The van der Waals surface area contributed by atoms with Gasteiger partial charge in [0.05, 0.1) is 11.2 Å². The van der Waals surface area contributed by atoms with Gasteiger partial charge in [-0.15, -0.1) is 0 Å². The molecule has 1 N–H and O–H groups in total. The molecule has 1 aliphatic heterocycles. The highest BCUT2D eigenvalue weighted by atomic mass is 16.5. The van der Waals surface area contributed by atoms with Crippen molar-refractivity contribution in [3.63, 3.8) is 0 Å². The average Bonchev–Trinajstić information content (AvgIpc) is 3.27. The van der Waals surface area contributed by atoms with Gasteiger partial charge in [0.25, 0.3) is 0 Å². The van der Waals surface area contributed by atoms with Crippen LogP contribution in [-0.2, 0) is 13.0 Å². The lowest BCUT2D eigenvalue weighted by molar-refractivity contribution is 0.169. The zero-order valence-corrected chi connectivity index (χ0v) is 16.9. The van der Waals surface area contributed by atoms with Gasteiger partial charge in [-0.3, -0.25) is 14.9 Å². The van der Waals surface area contributed by atoms with E-state index in [9.17, 15) is 0 Å². The maximum Gasteiger partial charge on any atom is 0.194 e. The summed E-state index contributed by atoms with van der Waals surface area (Å²) in [6.07, 6.45) is 4.38. The Hall–Kier alpha value is -2.93. The SMILES string of the molecule is CCNC(=NCCc1cccc2cccnc12)N1CCN(Cc2ccon2)CC1. The highest BCUT2D eigenvalue weighted by Gasteiger charge is 2.20. The summed E-state index contributed by atoms with van der Waals surface area (Å²) >= 11 is 0. The number of nitrogens with zero attached hydrogens (tertiary/aromatic N) is 5. The van der Waals surface area contributed by atoms with Gasteiger partial charge in [0.15, 0.2) is 5.96 Å². The van der Waals surface area contributed by atoms with Crippen LogP contribution in [0.3, 0.4) is 0 Å². The highest BCUT2D eigenvalue weighted by Crippen LogP contribution is 2.16. The van der Waals surface area contributed by atoms with Gasteiger partial charge >= 0.3 is 0 Å². The molecule has 7 heteroatoms. The third kappa shape index (κ3) is 4.92. The molecule has 0 amide bonds. The van der Waals surface area contributed by atoms with Crippen LogP contribution in [0.5, 0.6) is 0 Å². The predicted molar refractivity (Wildman–Crippen MR) is 115 cm³/mol. The van der Waals surface area contributed by atoms with Crippen molar-refractivity contribution in [1.82, 2.24) is 25.3 Å². The quantitative estimate of drug-likeness (QED) is 0.514. The van der Waals surface area contributed by atoms with Crippen LogP contribution < -0.4 is 5.32 Å². The van der Waals surface area contributed by atoms with Crippen LogP contribution in [0.25, 0.3) is 10.9 Å². The van der Waals surface area contributed by atoms with Crippen LogP contribution in [0.1, 0.15) is 18.2 Å². The highest BCUT2D eigenvalue weighted by molar-refractivity contribution is 5.82. The van der Waals surface area contributed by atoms with Crippen molar-refractivity contribution in [3.8, 4) is 0 Å². The number of guanidine groups is 1. The van der Waals surface area contributed by atoms with Gasteiger partial charge in [0, 0.05) is 63.5 Å². The molecule has 0 spiro atoms. The zero-order chi connectivity index (χ0) is 19.9. The molecule has 152 valence electrons. The van der Waals surface area contributed by atoms with Crippen molar-refractivity contribution in [1.29, 1.82) is 0 Å². The van der Waals surface area contributed by atoms with Gasteiger partial charge in [0.2, 0.25) is 0 Å². The van der Waals surface area contributed by atoms with Crippen LogP contribution in [0.4, 0.5) is 0 Å². The minimum Gasteiger partial charge on any atom is -0.364 e. The first kappa shape index (κ1) is 19.4. The second-order valence-corrected chi connectivity index (χ2v) is 7.23. The fourth-order valence-electron chi connectivity index (χ4n) is 3.74. The van der Waals surface area contributed by atoms with E-state index in [1.54, 1.807) is 6.26 Å². The number of fused-ring (bicyclic) bond motifs is 1. The number of para-hydroxylation sites is 1. The summed E-state index contributed by atoms with van der Waals surface area (Å²) in [6.45, 7) is 8.47. The van der Waals surface area contributed by atoms with E-state index < -0.39 is 0 Å². The third-order valence-electron chi connectivity index (χ3n) is 5.24. The topological polar surface area (TPSA) is 69.8 Å². The van der Waals surface area contributed by atoms with Crippen molar-refractivity contribution in [2.24, 2.45) is 4.99 Å². The largest absolute Gasteiger partial charge is 0.364 e. The molecule has 29 heavy (non-hydrogen) atoms. The van der Waals surface area contributed by atoms with Gasteiger partial charge in [-0.05, 0) is 25.0 Å². The average molecular weight is 393 g/mol. The number of aliphatic imine (C=N–C) groups is 1. The van der Waals surface area contributed by atoms with E-state index in [0.29, 0.717) is 0 Å². The summed E-state index contributed by atoms with van der Waals surface area (Å²) < 4.78 is 4.93. The summed E-state index contributed by atoms with van der Waals surface area (Å²) in [5.74, 6) is 1.00. The van der Waals surface area contributed by atoms with E-state index in [1.807, 2.05) is 18.3 Å². The van der Waals surface area contributed by atoms with Gasteiger partial charge in [0.1, 0.15) is 6.26 Å². The van der Waals surface area contributed by atoms with Crippen molar-refractivity contribution >= 4 is 16.9 Å². The Bertz CT molecular complexity index is 926. The van der Waals surface area contributed by atoms with Crippen LogP contribution in [0, 0.1) is 0 Å². The molecule has 0 bridgehead atoms. The molecule has 0 radical (unpaired) electrons.